The Morgan fingerprint density at radius 2 is 1.86 bits per heavy atom. The van der Waals surface area contributed by atoms with E-state index in [1.807, 2.05) is 6.07 Å². The summed E-state index contributed by atoms with van der Waals surface area (Å²) in [6.07, 6.45) is -0.892. The number of hydrogen-bond acceptors (Lipinski definition) is 5. The van der Waals surface area contributed by atoms with E-state index in [2.05, 4.69) is 10.6 Å². The summed E-state index contributed by atoms with van der Waals surface area (Å²) in [5, 5.41) is 14.2. The number of alkyl carbamates (subject to hydrolysis) is 1. The molecule has 1 atom stereocenters. The summed E-state index contributed by atoms with van der Waals surface area (Å²) in [5.41, 5.74) is 0.863. The van der Waals surface area contributed by atoms with Gasteiger partial charge in [0.15, 0.2) is 5.78 Å². The monoisotopic (exact) mass is 388 g/mol. The molecule has 3 N–H and O–H groups in total. The number of aliphatic hydroxyl groups is 1. The van der Waals surface area contributed by atoms with E-state index in [9.17, 15) is 23.9 Å². The molecule has 0 aliphatic rings. The van der Waals surface area contributed by atoms with Gasteiger partial charge in [0.05, 0.1) is 12.3 Å². The fourth-order valence-electron chi connectivity index (χ4n) is 2.47. The maximum absolute atomic E-state index is 13.8. The summed E-state index contributed by atoms with van der Waals surface area (Å²) >= 11 is 0. The molecule has 0 saturated carbocycles. The van der Waals surface area contributed by atoms with Crippen molar-refractivity contribution in [3.63, 3.8) is 0 Å². The molecular weight excluding hydrogens is 367 g/mol. The average molecular weight is 388 g/mol. The average Bonchev–Trinajstić information content (AvgIpc) is 2.67. The van der Waals surface area contributed by atoms with Crippen molar-refractivity contribution in [2.75, 3.05) is 11.9 Å². The zero-order valence-corrected chi connectivity index (χ0v) is 15.5. The van der Waals surface area contributed by atoms with E-state index < -0.39 is 36.2 Å². The van der Waals surface area contributed by atoms with Crippen molar-refractivity contribution in [2.24, 2.45) is 0 Å². The summed E-state index contributed by atoms with van der Waals surface area (Å²) in [6, 6.07) is 9.89. The van der Waals surface area contributed by atoms with Crippen molar-refractivity contribution in [3.05, 3.63) is 65.0 Å². The Bertz CT molecular complexity index is 870. The number of carbonyl (C=O) groups is 3. The van der Waals surface area contributed by atoms with Gasteiger partial charge in [-0.05, 0) is 30.2 Å². The van der Waals surface area contributed by atoms with Crippen LogP contribution in [0.4, 0.5) is 14.9 Å². The van der Waals surface area contributed by atoms with E-state index in [1.54, 1.807) is 24.3 Å². The Kier molecular flexibility index (Phi) is 7.22. The summed E-state index contributed by atoms with van der Waals surface area (Å²) < 4.78 is 18.9. The van der Waals surface area contributed by atoms with E-state index >= 15 is 0 Å². The molecule has 0 radical (unpaired) electrons. The zero-order valence-electron chi connectivity index (χ0n) is 15.5. The normalized spacial score (nSPS) is 11.4. The van der Waals surface area contributed by atoms with Gasteiger partial charge in [-0.3, -0.25) is 9.59 Å². The van der Waals surface area contributed by atoms with Gasteiger partial charge in [0.1, 0.15) is 18.5 Å². The van der Waals surface area contributed by atoms with Gasteiger partial charge in [0.25, 0.3) is 0 Å². The van der Waals surface area contributed by atoms with Gasteiger partial charge >= 0.3 is 6.09 Å². The van der Waals surface area contributed by atoms with Crippen LogP contribution in [0.2, 0.25) is 0 Å². The maximum atomic E-state index is 13.8. The highest BCUT2D eigenvalue weighted by Crippen LogP contribution is 2.22. The minimum Gasteiger partial charge on any atom is -0.445 e. The molecule has 2 aromatic rings. The molecule has 0 aliphatic heterocycles. The first-order valence-electron chi connectivity index (χ1n) is 8.51. The summed E-state index contributed by atoms with van der Waals surface area (Å²) in [7, 11) is 0. The lowest BCUT2D eigenvalue weighted by Crippen LogP contribution is -2.44. The van der Waals surface area contributed by atoms with Gasteiger partial charge in [-0.1, -0.05) is 30.3 Å². The number of ether oxygens (including phenoxy) is 1. The zero-order chi connectivity index (χ0) is 20.7. The maximum Gasteiger partial charge on any atom is 0.408 e. The van der Waals surface area contributed by atoms with Crippen molar-refractivity contribution >= 4 is 23.5 Å². The molecule has 148 valence electrons. The van der Waals surface area contributed by atoms with Crippen molar-refractivity contribution < 1.29 is 28.6 Å². The number of aliphatic hydroxyl groups excluding tert-OH is 1. The predicted octanol–water partition coefficient (Wildman–Crippen LogP) is 2.56. The van der Waals surface area contributed by atoms with Crippen LogP contribution in [0.5, 0.6) is 0 Å². The third-order valence-electron chi connectivity index (χ3n) is 3.88. The molecule has 0 aromatic heterocycles. The fourth-order valence-corrected chi connectivity index (χ4v) is 2.47. The van der Waals surface area contributed by atoms with Crippen LogP contribution in [0, 0.1) is 12.7 Å². The van der Waals surface area contributed by atoms with Crippen LogP contribution >= 0.6 is 0 Å². The van der Waals surface area contributed by atoms with Gasteiger partial charge in [0.2, 0.25) is 5.91 Å². The van der Waals surface area contributed by atoms with Crippen LogP contribution in [0.15, 0.2) is 42.5 Å². The van der Waals surface area contributed by atoms with Gasteiger partial charge in [0, 0.05) is 12.5 Å². The minimum absolute atomic E-state index is 0.00812. The molecule has 2 amide bonds. The topological polar surface area (TPSA) is 105 Å². The van der Waals surface area contributed by atoms with E-state index in [0.717, 1.165) is 11.6 Å². The third-order valence-corrected chi connectivity index (χ3v) is 3.88. The number of carbonyl (C=O) groups excluding carboxylic acids is 3. The minimum atomic E-state index is -1.32. The highest BCUT2D eigenvalue weighted by Gasteiger charge is 2.25. The molecule has 8 heteroatoms. The van der Waals surface area contributed by atoms with E-state index in [-0.39, 0.29) is 23.4 Å². The Labute approximate surface area is 161 Å². The van der Waals surface area contributed by atoms with Crippen LogP contribution < -0.4 is 10.6 Å². The Morgan fingerprint density at radius 3 is 2.46 bits per heavy atom. The van der Waals surface area contributed by atoms with Crippen molar-refractivity contribution in [1.82, 2.24) is 5.32 Å². The molecule has 0 fully saturated rings. The Balaban J connectivity index is 2.13. The van der Waals surface area contributed by atoms with Crippen molar-refractivity contribution in [1.29, 1.82) is 0 Å². The van der Waals surface area contributed by atoms with Crippen LogP contribution in [-0.2, 0) is 16.1 Å². The van der Waals surface area contributed by atoms with E-state index in [0.29, 0.717) is 0 Å². The highest BCUT2D eigenvalue weighted by molar-refractivity contribution is 6.08. The summed E-state index contributed by atoms with van der Waals surface area (Å²) in [6.45, 7) is 1.97. The molecule has 0 spiro atoms. The number of rotatable bonds is 7. The number of benzene rings is 2. The number of Topliss-reactive ketones (excluding diaryl/α,β-unsaturated/α-hetero) is 1. The number of halogens is 1. The number of hydrogen-bond donors (Lipinski definition) is 3. The standard InChI is InChI=1S/C20H21FN2O5/c1-12-8-15(17(9-16(12)21)22-13(2)25)19(26)18(10-24)23-20(27)28-11-14-6-4-3-5-7-14/h3-9,18,24H,10-11H2,1-2H3,(H,22,25)(H,23,27)/t18-/m0/s1. The lowest BCUT2D eigenvalue weighted by Gasteiger charge is -2.18. The van der Waals surface area contributed by atoms with E-state index in [1.165, 1.54) is 19.9 Å². The van der Waals surface area contributed by atoms with Crippen LogP contribution in [-0.4, -0.2) is 35.5 Å². The van der Waals surface area contributed by atoms with Crippen LogP contribution in [0.1, 0.15) is 28.4 Å². The lowest BCUT2D eigenvalue weighted by atomic mass is 10.00. The van der Waals surface area contributed by atoms with Crippen LogP contribution in [0.3, 0.4) is 0 Å². The molecular formula is C20H21FN2O5. The number of amides is 2. The summed E-state index contributed by atoms with van der Waals surface area (Å²) in [4.78, 5) is 36.1. The first-order valence-corrected chi connectivity index (χ1v) is 8.51. The first kappa shape index (κ1) is 21.0. The van der Waals surface area contributed by atoms with Gasteiger partial charge in [-0.25, -0.2) is 9.18 Å². The first-order chi connectivity index (χ1) is 13.3. The molecule has 0 saturated heterocycles. The number of anilines is 1. The van der Waals surface area contributed by atoms with Crippen molar-refractivity contribution in [2.45, 2.75) is 26.5 Å². The molecule has 7 nitrogen and oxygen atoms in total. The molecule has 2 aromatic carbocycles. The smallest absolute Gasteiger partial charge is 0.408 e. The SMILES string of the molecule is CC(=O)Nc1cc(F)c(C)cc1C(=O)[C@H](CO)NC(=O)OCc1ccccc1. The second kappa shape index (κ2) is 9.61. The Morgan fingerprint density at radius 1 is 1.18 bits per heavy atom. The number of ketones is 1. The number of aryl methyl sites for hydroxylation is 1. The largest absolute Gasteiger partial charge is 0.445 e. The lowest BCUT2D eigenvalue weighted by molar-refractivity contribution is -0.114. The van der Waals surface area contributed by atoms with Gasteiger partial charge in [-0.2, -0.15) is 0 Å². The second-order valence-corrected chi connectivity index (χ2v) is 6.13. The second-order valence-electron chi connectivity index (χ2n) is 6.13. The quantitative estimate of drug-likeness (QED) is 0.633. The Hall–Kier alpha value is -3.26. The molecule has 0 aliphatic carbocycles. The molecule has 0 heterocycles. The van der Waals surface area contributed by atoms with Gasteiger partial charge in [-0.15, -0.1) is 0 Å². The van der Waals surface area contributed by atoms with Crippen molar-refractivity contribution in [3.8, 4) is 0 Å². The summed E-state index contributed by atoms with van der Waals surface area (Å²) in [5.74, 6) is -1.78. The molecule has 2 rings (SSSR count). The van der Waals surface area contributed by atoms with E-state index in [4.69, 9.17) is 4.74 Å². The third kappa shape index (κ3) is 5.62. The highest BCUT2D eigenvalue weighted by atomic mass is 19.1. The molecule has 0 unspecified atom stereocenters. The van der Waals surface area contributed by atoms with Gasteiger partial charge < -0.3 is 20.5 Å². The molecule has 28 heavy (non-hydrogen) atoms. The molecule has 0 bridgehead atoms. The van der Waals surface area contributed by atoms with Crippen LogP contribution in [0.25, 0.3) is 0 Å². The predicted molar refractivity (Wildman–Crippen MR) is 100 cm³/mol. The number of nitrogens with one attached hydrogen (secondary N) is 2. The fraction of sp³-hybridized carbons (Fsp3) is 0.250.